The van der Waals surface area contributed by atoms with E-state index in [9.17, 15) is 0 Å². The van der Waals surface area contributed by atoms with Gasteiger partial charge in [0.15, 0.2) is 0 Å². The third kappa shape index (κ3) is 74.8. The van der Waals surface area contributed by atoms with Crippen molar-refractivity contribution in [3.05, 3.63) is 113 Å². The fourth-order valence-corrected chi connectivity index (χ4v) is 1.03. The van der Waals surface area contributed by atoms with Crippen LogP contribution in [0.15, 0.2) is 48.6 Å². The molecular weight excluding hydrogens is 440 g/mol. The summed E-state index contributed by atoms with van der Waals surface area (Å²) in [6, 6.07) is 22.0. The molecule has 2 aromatic carbocycles. The molecule has 0 aliphatic carbocycles. The van der Waals surface area contributed by atoms with E-state index < -0.39 is 0 Å². The second-order valence-corrected chi connectivity index (χ2v) is 3.40. The standard InChI is InChI=1S/C8H12.C5H5.C5H.4CO.2Fe/c1-3-5-7-8-6-4-2;2*1-2-4-5-3-1;4*1-2;;/h1-4H,5-8H2;1-5H;1H;;;;;;/q-2;-1;-5;;;;;;. The van der Waals surface area contributed by atoms with Crippen molar-refractivity contribution in [1.82, 2.24) is 0 Å². The number of hydrogen-bond donors (Lipinski definition) is 0. The van der Waals surface area contributed by atoms with E-state index in [1.165, 1.54) is 0 Å². The SMILES string of the molecule is [C-]#[O+].[C-]#[O+].[C-]#[O+].[C-]#[O+].[CH-]=CCCCCC=[CH-].[Fe].[Fe].[c-]1[c-][c-][cH-][c-]1.c1cc[cH-]c1. The van der Waals surface area contributed by atoms with Crippen LogP contribution < -0.4 is 0 Å². The van der Waals surface area contributed by atoms with Crippen molar-refractivity contribution in [2.24, 2.45) is 0 Å². The van der Waals surface area contributed by atoms with E-state index in [2.05, 4.69) is 50.9 Å². The summed E-state index contributed by atoms with van der Waals surface area (Å²) in [6.45, 7) is 28.3. The summed E-state index contributed by atoms with van der Waals surface area (Å²) < 4.78 is 30.0. The Bertz CT molecular complexity index is 401. The van der Waals surface area contributed by atoms with Crippen molar-refractivity contribution in [3.8, 4) is 0 Å². The normalized spacial score (nSPS) is 5.57. The first kappa shape index (κ1) is 45.1. The minimum Gasteiger partial charge on any atom is -0.999 e. The van der Waals surface area contributed by atoms with E-state index in [1.54, 1.807) is 18.2 Å². The van der Waals surface area contributed by atoms with Crippen LogP contribution in [0.1, 0.15) is 25.7 Å². The Kier molecular flexibility index (Phi) is 118. The van der Waals surface area contributed by atoms with Gasteiger partial charge in [0.2, 0.25) is 0 Å². The first-order valence-electron chi connectivity index (χ1n) is 6.79. The molecule has 0 heterocycles. The molecule has 0 fully saturated rings. The Morgan fingerprint density at radius 3 is 1.18 bits per heavy atom. The summed E-state index contributed by atoms with van der Waals surface area (Å²) in [5, 5.41) is 0. The van der Waals surface area contributed by atoms with Gasteiger partial charge in [-0.1, -0.05) is 25.7 Å². The van der Waals surface area contributed by atoms with Gasteiger partial charge in [0.1, 0.15) is 0 Å². The maximum Gasteiger partial charge on any atom is 0 e. The first-order valence-corrected chi connectivity index (χ1v) is 6.79. The summed E-state index contributed by atoms with van der Waals surface area (Å²) in [7, 11) is 0. The molecule has 0 N–H and O–H groups in total. The van der Waals surface area contributed by atoms with Crippen LogP contribution in [-0.4, -0.2) is 0 Å². The summed E-state index contributed by atoms with van der Waals surface area (Å²) in [5.41, 5.74) is 0. The Morgan fingerprint density at radius 2 is 1.04 bits per heavy atom. The molecule has 4 nitrogen and oxygen atoms in total. The van der Waals surface area contributed by atoms with Gasteiger partial charge in [-0.05, 0) is 0 Å². The summed E-state index contributed by atoms with van der Waals surface area (Å²) in [5.74, 6) is 0. The smallest absolute Gasteiger partial charge is 0 e. The van der Waals surface area contributed by atoms with Crippen LogP contribution in [0.2, 0.25) is 0 Å². The molecule has 0 radical (unpaired) electrons. The molecule has 2 aromatic rings. The van der Waals surface area contributed by atoms with E-state index in [-0.39, 0.29) is 34.1 Å². The van der Waals surface area contributed by atoms with Crippen LogP contribution in [-0.2, 0) is 52.7 Å². The average Bonchev–Trinajstić information content (AvgIpc) is 3.50. The minimum atomic E-state index is 0. The minimum absolute atomic E-state index is 0. The molecule has 0 unspecified atom stereocenters. The Balaban J connectivity index is -0.0000000394. The van der Waals surface area contributed by atoms with Crippen molar-refractivity contribution < 1.29 is 52.7 Å². The molecule has 0 saturated heterocycles. The molecule has 0 atom stereocenters. The van der Waals surface area contributed by atoms with Crippen LogP contribution in [0, 0.1) is 64.0 Å². The molecule has 0 saturated carbocycles. The quantitative estimate of drug-likeness (QED) is 0.276. The fraction of sp³-hybridized carbons (Fsp3) is 0.182. The van der Waals surface area contributed by atoms with Crippen molar-refractivity contribution >= 4 is 0 Å². The van der Waals surface area contributed by atoms with Crippen molar-refractivity contribution in [2.45, 2.75) is 25.7 Å². The molecule has 154 valence electrons. The molecule has 0 aromatic heterocycles. The van der Waals surface area contributed by atoms with E-state index in [1.807, 2.05) is 30.3 Å². The monoisotopic (exact) mass is 458 g/mol. The van der Waals surface area contributed by atoms with Gasteiger partial charge in [-0.15, -0.1) is 0 Å². The summed E-state index contributed by atoms with van der Waals surface area (Å²) in [4.78, 5) is 0. The molecule has 2 rings (SSSR count). The van der Waals surface area contributed by atoms with E-state index in [0.717, 1.165) is 25.7 Å². The number of allylic oxidation sites excluding steroid dienone is 2. The van der Waals surface area contributed by atoms with Crippen molar-refractivity contribution in [3.63, 3.8) is 0 Å². The van der Waals surface area contributed by atoms with Crippen LogP contribution >= 0.6 is 0 Å². The van der Waals surface area contributed by atoms with Gasteiger partial charge in [-0.3, -0.25) is 12.2 Å². The maximum atomic E-state index is 7.50. The molecular formula is C22H18Fe2O4-8. The fourth-order valence-electron chi connectivity index (χ4n) is 1.03. The zero-order valence-corrected chi connectivity index (χ0v) is 17.2. The number of rotatable bonds is 5. The van der Waals surface area contributed by atoms with Gasteiger partial charge < -0.3 is 43.5 Å². The van der Waals surface area contributed by atoms with Crippen LogP contribution in [0.3, 0.4) is 0 Å². The second-order valence-electron chi connectivity index (χ2n) is 3.40. The molecule has 6 heteroatoms. The van der Waals surface area contributed by atoms with Gasteiger partial charge in [-0.25, -0.2) is 12.1 Å². The largest absolute Gasteiger partial charge is 0.999 e. The summed E-state index contributed by atoms with van der Waals surface area (Å²) >= 11 is 0. The van der Waals surface area contributed by atoms with Gasteiger partial charge in [0.05, 0.1) is 0 Å². The zero-order valence-electron chi connectivity index (χ0n) is 14.9. The van der Waals surface area contributed by atoms with Gasteiger partial charge in [0, 0.05) is 34.1 Å². The molecule has 0 aliphatic heterocycles. The predicted octanol–water partition coefficient (Wildman–Crippen LogP) is 4.38. The Morgan fingerprint density at radius 1 is 0.714 bits per heavy atom. The second kappa shape index (κ2) is 73.2. The van der Waals surface area contributed by atoms with E-state index in [0.29, 0.717) is 0 Å². The van der Waals surface area contributed by atoms with Gasteiger partial charge >= 0.3 is 45.2 Å². The Labute approximate surface area is 190 Å². The summed E-state index contributed by atoms with van der Waals surface area (Å²) in [6.07, 6.45) is 7.71. The predicted molar refractivity (Wildman–Crippen MR) is 91.3 cm³/mol. The number of unbranched alkanes of at least 4 members (excludes halogenated alkanes) is 3. The molecule has 0 amide bonds. The molecule has 0 bridgehead atoms. The molecule has 0 aliphatic rings. The topological polar surface area (TPSA) is 79.6 Å². The molecule has 0 spiro atoms. The van der Waals surface area contributed by atoms with E-state index in [4.69, 9.17) is 31.8 Å². The first-order chi connectivity index (χ1) is 12.9. The Hall–Kier alpha value is -1.82. The average molecular weight is 458 g/mol. The zero-order chi connectivity index (χ0) is 21.3. The van der Waals surface area contributed by atoms with E-state index >= 15 is 0 Å². The molecule has 28 heavy (non-hydrogen) atoms. The van der Waals surface area contributed by atoms with Crippen LogP contribution in [0.4, 0.5) is 0 Å². The third-order valence-electron chi connectivity index (χ3n) is 1.90. The van der Waals surface area contributed by atoms with Crippen LogP contribution in [0.5, 0.6) is 0 Å². The van der Waals surface area contributed by atoms with Gasteiger partial charge in [0.25, 0.3) is 0 Å². The number of hydrogen-bond acceptors (Lipinski definition) is 0. The van der Waals surface area contributed by atoms with Crippen molar-refractivity contribution in [2.75, 3.05) is 0 Å². The van der Waals surface area contributed by atoms with Crippen molar-refractivity contribution in [1.29, 1.82) is 0 Å². The van der Waals surface area contributed by atoms with Crippen LogP contribution in [0.25, 0.3) is 0 Å². The van der Waals surface area contributed by atoms with Gasteiger partial charge in [-0.2, -0.15) is 18.2 Å². The third-order valence-corrected chi connectivity index (χ3v) is 1.90. The maximum absolute atomic E-state index is 7.50.